The van der Waals surface area contributed by atoms with Crippen LogP contribution in [-0.2, 0) is 4.74 Å². The first-order valence-electron chi connectivity index (χ1n) is 6.51. The SMILES string of the molecule is CC(N)C(c1ccc(F)cc1)N1CCCOCC1. The molecule has 1 aliphatic rings. The van der Waals surface area contributed by atoms with E-state index >= 15 is 0 Å². The Balaban J connectivity index is 2.18. The molecule has 1 aromatic rings. The fraction of sp³-hybridized carbons (Fsp3) is 0.571. The van der Waals surface area contributed by atoms with Gasteiger partial charge in [0.2, 0.25) is 0 Å². The number of rotatable bonds is 3. The van der Waals surface area contributed by atoms with Crippen LogP contribution in [0.2, 0.25) is 0 Å². The molecule has 1 saturated heterocycles. The Hall–Kier alpha value is -0.970. The highest BCUT2D eigenvalue weighted by atomic mass is 19.1. The first-order valence-corrected chi connectivity index (χ1v) is 6.51. The van der Waals surface area contributed by atoms with Crippen LogP contribution in [0.5, 0.6) is 0 Å². The van der Waals surface area contributed by atoms with E-state index in [1.165, 1.54) is 12.1 Å². The summed E-state index contributed by atoms with van der Waals surface area (Å²) in [4.78, 5) is 2.34. The van der Waals surface area contributed by atoms with Crippen molar-refractivity contribution in [3.8, 4) is 0 Å². The molecule has 2 N–H and O–H groups in total. The molecule has 0 saturated carbocycles. The third-order valence-corrected chi connectivity index (χ3v) is 3.36. The van der Waals surface area contributed by atoms with E-state index in [9.17, 15) is 4.39 Å². The lowest BCUT2D eigenvalue weighted by Gasteiger charge is -2.33. The lowest BCUT2D eigenvalue weighted by Crippen LogP contribution is -2.40. The van der Waals surface area contributed by atoms with Gasteiger partial charge in [0.05, 0.1) is 6.61 Å². The predicted octanol–water partition coefficient (Wildman–Crippen LogP) is 1.94. The largest absolute Gasteiger partial charge is 0.380 e. The highest BCUT2D eigenvalue weighted by Crippen LogP contribution is 2.24. The van der Waals surface area contributed by atoms with Gasteiger partial charge in [-0.25, -0.2) is 4.39 Å². The molecule has 1 aliphatic heterocycles. The van der Waals surface area contributed by atoms with Crippen molar-refractivity contribution in [1.82, 2.24) is 4.90 Å². The number of nitrogens with zero attached hydrogens (tertiary/aromatic N) is 1. The fourth-order valence-corrected chi connectivity index (χ4v) is 2.55. The molecule has 0 amide bonds. The predicted molar refractivity (Wildman–Crippen MR) is 69.8 cm³/mol. The molecule has 2 unspecified atom stereocenters. The van der Waals surface area contributed by atoms with Crippen LogP contribution in [0, 0.1) is 5.82 Å². The second-order valence-corrected chi connectivity index (χ2v) is 4.86. The van der Waals surface area contributed by atoms with E-state index < -0.39 is 0 Å². The van der Waals surface area contributed by atoms with Crippen molar-refractivity contribution in [3.05, 3.63) is 35.6 Å². The lowest BCUT2D eigenvalue weighted by atomic mass is 9.99. The topological polar surface area (TPSA) is 38.5 Å². The van der Waals surface area contributed by atoms with Crippen molar-refractivity contribution < 1.29 is 9.13 Å². The number of benzene rings is 1. The van der Waals surface area contributed by atoms with Crippen molar-refractivity contribution in [1.29, 1.82) is 0 Å². The smallest absolute Gasteiger partial charge is 0.123 e. The van der Waals surface area contributed by atoms with Crippen LogP contribution in [0.1, 0.15) is 24.9 Å². The average molecular weight is 252 g/mol. The van der Waals surface area contributed by atoms with Gasteiger partial charge < -0.3 is 10.5 Å². The number of halogens is 1. The van der Waals surface area contributed by atoms with E-state index in [0.29, 0.717) is 0 Å². The third-order valence-electron chi connectivity index (χ3n) is 3.36. The van der Waals surface area contributed by atoms with Crippen molar-refractivity contribution >= 4 is 0 Å². The summed E-state index contributed by atoms with van der Waals surface area (Å²) in [6, 6.07) is 6.79. The zero-order valence-corrected chi connectivity index (χ0v) is 10.8. The molecule has 0 radical (unpaired) electrons. The number of hydrogen-bond donors (Lipinski definition) is 1. The minimum absolute atomic E-state index is 0.00793. The summed E-state index contributed by atoms with van der Waals surface area (Å²) in [5, 5.41) is 0. The molecule has 1 aromatic carbocycles. The van der Waals surface area contributed by atoms with E-state index in [2.05, 4.69) is 4.90 Å². The van der Waals surface area contributed by atoms with Crippen LogP contribution in [0.15, 0.2) is 24.3 Å². The van der Waals surface area contributed by atoms with Gasteiger partial charge in [-0.3, -0.25) is 4.90 Å². The maximum absolute atomic E-state index is 13.0. The molecule has 0 bridgehead atoms. The molecular weight excluding hydrogens is 231 g/mol. The molecule has 0 spiro atoms. The van der Waals surface area contributed by atoms with Crippen LogP contribution >= 0.6 is 0 Å². The van der Waals surface area contributed by atoms with Gasteiger partial charge in [0, 0.05) is 31.8 Å². The molecule has 3 nitrogen and oxygen atoms in total. The van der Waals surface area contributed by atoms with Gasteiger partial charge in [-0.05, 0) is 31.0 Å². The molecule has 0 aromatic heterocycles. The van der Waals surface area contributed by atoms with Gasteiger partial charge in [-0.15, -0.1) is 0 Å². The normalized spacial score (nSPS) is 21.3. The van der Waals surface area contributed by atoms with Gasteiger partial charge in [0.25, 0.3) is 0 Å². The van der Waals surface area contributed by atoms with Gasteiger partial charge in [-0.2, -0.15) is 0 Å². The zero-order chi connectivity index (χ0) is 13.0. The van der Waals surface area contributed by atoms with Gasteiger partial charge in [0.1, 0.15) is 5.82 Å². The standard InChI is InChI=1S/C14H21FN2O/c1-11(16)14(12-3-5-13(15)6-4-12)17-7-2-9-18-10-8-17/h3-6,11,14H,2,7-10,16H2,1H3. The zero-order valence-electron chi connectivity index (χ0n) is 10.8. The molecule has 1 fully saturated rings. The van der Waals surface area contributed by atoms with Crippen LogP contribution in [0.4, 0.5) is 4.39 Å². The summed E-state index contributed by atoms with van der Waals surface area (Å²) < 4.78 is 18.5. The Bertz CT molecular complexity index is 359. The number of nitrogens with two attached hydrogens (primary N) is 1. The third kappa shape index (κ3) is 3.28. The van der Waals surface area contributed by atoms with Crippen LogP contribution < -0.4 is 5.73 Å². The monoisotopic (exact) mass is 252 g/mol. The second kappa shape index (κ2) is 6.27. The first-order chi connectivity index (χ1) is 8.68. The molecule has 100 valence electrons. The van der Waals surface area contributed by atoms with E-state index in [0.717, 1.165) is 38.3 Å². The van der Waals surface area contributed by atoms with Gasteiger partial charge >= 0.3 is 0 Å². The molecule has 4 heteroatoms. The molecule has 2 rings (SSSR count). The number of ether oxygens (including phenoxy) is 1. The Kier molecular flexibility index (Phi) is 4.69. The van der Waals surface area contributed by atoms with Crippen molar-refractivity contribution in [2.24, 2.45) is 5.73 Å². The second-order valence-electron chi connectivity index (χ2n) is 4.86. The van der Waals surface area contributed by atoms with Crippen LogP contribution in [0.25, 0.3) is 0 Å². The quantitative estimate of drug-likeness (QED) is 0.893. The molecule has 2 atom stereocenters. The van der Waals surface area contributed by atoms with Gasteiger partial charge in [0.15, 0.2) is 0 Å². The molecular formula is C14H21FN2O. The highest BCUT2D eigenvalue weighted by molar-refractivity contribution is 5.21. The first kappa shape index (κ1) is 13.5. The summed E-state index contributed by atoms with van der Waals surface area (Å²) in [7, 11) is 0. The Morgan fingerprint density at radius 1 is 1.22 bits per heavy atom. The fourth-order valence-electron chi connectivity index (χ4n) is 2.55. The van der Waals surface area contributed by atoms with Gasteiger partial charge in [-0.1, -0.05) is 12.1 Å². The molecule has 0 aliphatic carbocycles. The van der Waals surface area contributed by atoms with E-state index in [1.807, 2.05) is 19.1 Å². The van der Waals surface area contributed by atoms with E-state index in [4.69, 9.17) is 10.5 Å². The average Bonchev–Trinajstić information content (AvgIpc) is 2.60. The Labute approximate surface area is 108 Å². The maximum Gasteiger partial charge on any atom is 0.123 e. The molecule has 1 heterocycles. The van der Waals surface area contributed by atoms with E-state index in [1.54, 1.807) is 0 Å². The van der Waals surface area contributed by atoms with Crippen molar-refractivity contribution in [2.75, 3.05) is 26.3 Å². The summed E-state index contributed by atoms with van der Waals surface area (Å²) in [6.07, 6.45) is 1.02. The Morgan fingerprint density at radius 3 is 2.61 bits per heavy atom. The highest BCUT2D eigenvalue weighted by Gasteiger charge is 2.24. The minimum atomic E-state index is -0.207. The molecule has 18 heavy (non-hydrogen) atoms. The lowest BCUT2D eigenvalue weighted by molar-refractivity contribution is 0.127. The summed E-state index contributed by atoms with van der Waals surface area (Å²) in [6.45, 7) is 5.41. The summed E-state index contributed by atoms with van der Waals surface area (Å²) in [5.74, 6) is -0.207. The van der Waals surface area contributed by atoms with Crippen LogP contribution in [0.3, 0.4) is 0 Å². The summed E-state index contributed by atoms with van der Waals surface area (Å²) in [5.41, 5.74) is 7.19. The van der Waals surface area contributed by atoms with Crippen molar-refractivity contribution in [2.45, 2.75) is 25.4 Å². The van der Waals surface area contributed by atoms with Crippen molar-refractivity contribution in [3.63, 3.8) is 0 Å². The minimum Gasteiger partial charge on any atom is -0.380 e. The summed E-state index contributed by atoms with van der Waals surface area (Å²) >= 11 is 0. The Morgan fingerprint density at radius 2 is 1.94 bits per heavy atom. The van der Waals surface area contributed by atoms with E-state index in [-0.39, 0.29) is 17.9 Å². The maximum atomic E-state index is 13.0. The number of hydrogen-bond acceptors (Lipinski definition) is 3. The van der Waals surface area contributed by atoms with Crippen LogP contribution in [-0.4, -0.2) is 37.2 Å².